The predicted octanol–water partition coefficient (Wildman–Crippen LogP) is 9.56. The zero-order chi connectivity index (χ0) is 36.9. The summed E-state index contributed by atoms with van der Waals surface area (Å²) < 4.78 is 6.27. The van der Waals surface area contributed by atoms with Crippen LogP contribution in [0.3, 0.4) is 0 Å². The van der Waals surface area contributed by atoms with Gasteiger partial charge >= 0.3 is 11.9 Å². The van der Waals surface area contributed by atoms with E-state index in [1.54, 1.807) is 6.08 Å². The number of hydrogen-bond donors (Lipinski definition) is 2. The highest BCUT2D eigenvalue weighted by Crippen LogP contribution is 2.77. The van der Waals surface area contributed by atoms with E-state index in [4.69, 9.17) is 4.74 Å². The number of ether oxygens (including phenoxy) is 1. The first kappa shape index (κ1) is 38.8. The minimum atomic E-state index is -0.884. The van der Waals surface area contributed by atoms with Gasteiger partial charge in [0.05, 0.1) is 25.1 Å². The molecular formula is C43H68N2O5. The molecule has 280 valence electrons. The molecule has 7 nitrogen and oxygen atoms in total. The van der Waals surface area contributed by atoms with Crippen LogP contribution >= 0.6 is 0 Å². The molecule has 0 aromatic rings. The first-order chi connectivity index (χ1) is 23.3. The first-order valence-corrected chi connectivity index (χ1v) is 19.8. The van der Waals surface area contributed by atoms with E-state index in [1.807, 2.05) is 19.9 Å². The second kappa shape index (κ2) is 13.8. The van der Waals surface area contributed by atoms with E-state index in [1.165, 1.54) is 38.5 Å². The maximum Gasteiger partial charge on any atom is 0.306 e. The normalized spacial score (nSPS) is 40.7. The van der Waals surface area contributed by atoms with Crippen LogP contribution in [-0.2, 0) is 19.1 Å². The third kappa shape index (κ3) is 6.55. The highest BCUT2D eigenvalue weighted by atomic mass is 16.5. The molecular weight excluding hydrogens is 624 g/mol. The summed E-state index contributed by atoms with van der Waals surface area (Å²) in [6.07, 6.45) is 16.7. The zero-order valence-corrected chi connectivity index (χ0v) is 32.7. The molecule has 1 amide bonds. The Labute approximate surface area is 302 Å². The molecule has 0 aromatic heterocycles. The SMILES string of the molecule is C=C/C=C(/CNC(=O)C[C@]12CCC(CC)C1[C@H]1CCC3[C@@]4(C)CC[C@H](OC(=O)CC(C)(C)CC(=O)O)C(C)(C)C4CC[C@@]3(C)[C@]1(C)CC2)N=C. The molecule has 5 rings (SSSR count). The van der Waals surface area contributed by atoms with Crippen LogP contribution in [0.25, 0.3) is 0 Å². The van der Waals surface area contributed by atoms with Crippen LogP contribution in [0.2, 0.25) is 0 Å². The third-order valence-electron chi connectivity index (χ3n) is 16.2. The van der Waals surface area contributed by atoms with Crippen LogP contribution in [0.5, 0.6) is 0 Å². The van der Waals surface area contributed by atoms with Crippen molar-refractivity contribution in [2.75, 3.05) is 6.54 Å². The fourth-order valence-electron chi connectivity index (χ4n) is 13.8. The van der Waals surface area contributed by atoms with Gasteiger partial charge in [0.15, 0.2) is 0 Å². The fraction of sp³-hybridized carbons (Fsp3) is 0.814. The van der Waals surface area contributed by atoms with Gasteiger partial charge in [-0.05, 0) is 134 Å². The van der Waals surface area contributed by atoms with Crippen LogP contribution in [-0.4, -0.2) is 42.3 Å². The van der Waals surface area contributed by atoms with E-state index in [-0.39, 0.29) is 57.9 Å². The number of carbonyl (C=O) groups excluding carboxylic acids is 2. The summed E-state index contributed by atoms with van der Waals surface area (Å²) in [6.45, 7) is 26.4. The molecule has 7 heteroatoms. The highest BCUT2D eigenvalue weighted by molar-refractivity contribution is 5.77. The summed E-state index contributed by atoms with van der Waals surface area (Å²) in [5.41, 5.74) is 0.630. The number of nitrogens with zero attached hydrogens (tertiary/aromatic N) is 1. The van der Waals surface area contributed by atoms with Crippen LogP contribution in [0.15, 0.2) is 29.4 Å². The lowest BCUT2D eigenvalue weighted by molar-refractivity contribution is -0.251. The number of aliphatic imine (C=N–C) groups is 1. The predicted molar refractivity (Wildman–Crippen MR) is 200 cm³/mol. The molecule has 0 bridgehead atoms. The average molecular weight is 693 g/mol. The van der Waals surface area contributed by atoms with Gasteiger partial charge in [0.1, 0.15) is 6.10 Å². The molecule has 0 radical (unpaired) electrons. The minimum absolute atomic E-state index is 0.0486. The number of rotatable bonds is 12. The Morgan fingerprint density at radius 2 is 1.64 bits per heavy atom. The molecule has 0 aromatic carbocycles. The lowest BCUT2D eigenvalue weighted by Gasteiger charge is -2.73. The number of carboxylic acids is 1. The molecule has 0 aliphatic heterocycles. The Balaban J connectivity index is 1.35. The first-order valence-electron chi connectivity index (χ1n) is 19.8. The maximum absolute atomic E-state index is 13.6. The average Bonchev–Trinajstić information content (AvgIpc) is 3.38. The van der Waals surface area contributed by atoms with E-state index in [9.17, 15) is 19.5 Å². The minimum Gasteiger partial charge on any atom is -0.481 e. The zero-order valence-electron chi connectivity index (χ0n) is 32.7. The molecule has 0 spiro atoms. The monoisotopic (exact) mass is 693 g/mol. The van der Waals surface area contributed by atoms with Crippen molar-refractivity contribution < 1.29 is 24.2 Å². The second-order valence-corrected chi connectivity index (χ2v) is 19.5. The quantitative estimate of drug-likeness (QED) is 0.120. The van der Waals surface area contributed by atoms with E-state index in [2.05, 4.69) is 65.1 Å². The van der Waals surface area contributed by atoms with Gasteiger partial charge in [-0.15, -0.1) is 0 Å². The number of fused-ring (bicyclic) bond motifs is 7. The summed E-state index contributed by atoms with van der Waals surface area (Å²) in [4.78, 5) is 42.2. The van der Waals surface area contributed by atoms with Gasteiger partial charge < -0.3 is 15.2 Å². The van der Waals surface area contributed by atoms with Crippen molar-refractivity contribution in [2.45, 2.75) is 151 Å². The largest absolute Gasteiger partial charge is 0.481 e. The second-order valence-electron chi connectivity index (χ2n) is 19.5. The van der Waals surface area contributed by atoms with E-state index >= 15 is 0 Å². The standard InChI is InChI=1S/C43H68N2O5/c1-11-13-29(44-10)27-45-34(46)24-43-21-16-28(12-2)37(43)30-14-15-32-40(7)19-18-33(50-36(49)26-38(3,4)25-35(47)48)39(5,6)31(40)17-20-42(32,9)41(30,8)22-23-43/h11,13,28,30-33,37H,1,10,12,14-27H2,2-9H3,(H,45,46)(H,47,48)/b29-13-/t28?,30-,31?,32?,33+,37?,40+,41-,42-,43-/m1/s1. The van der Waals surface area contributed by atoms with Gasteiger partial charge in [-0.1, -0.05) is 74.5 Å². The topological polar surface area (TPSA) is 105 Å². The number of carboxylic acid groups (broad SMARTS) is 1. The molecule has 5 fully saturated rings. The van der Waals surface area contributed by atoms with Crippen LogP contribution < -0.4 is 5.32 Å². The summed E-state index contributed by atoms with van der Waals surface area (Å²) in [7, 11) is 0. The van der Waals surface area contributed by atoms with E-state index < -0.39 is 11.4 Å². The molecule has 5 aliphatic carbocycles. The molecule has 50 heavy (non-hydrogen) atoms. The van der Waals surface area contributed by atoms with Gasteiger partial charge in [0, 0.05) is 11.8 Å². The number of amides is 1. The lowest BCUT2D eigenvalue weighted by Crippen LogP contribution is -2.66. The van der Waals surface area contributed by atoms with E-state index in [0.29, 0.717) is 42.6 Å². The molecule has 5 aliphatic rings. The van der Waals surface area contributed by atoms with Crippen LogP contribution in [0.1, 0.15) is 145 Å². The smallest absolute Gasteiger partial charge is 0.306 e. The Morgan fingerprint density at radius 3 is 2.28 bits per heavy atom. The van der Waals surface area contributed by atoms with Crippen LogP contribution in [0, 0.1) is 62.1 Å². The Kier molecular flexibility index (Phi) is 10.7. The highest BCUT2D eigenvalue weighted by Gasteiger charge is 2.71. The van der Waals surface area contributed by atoms with Crippen molar-refractivity contribution in [1.82, 2.24) is 5.32 Å². The van der Waals surface area contributed by atoms with Crippen LogP contribution in [0.4, 0.5) is 0 Å². The van der Waals surface area contributed by atoms with Crippen molar-refractivity contribution in [3.05, 3.63) is 24.4 Å². The van der Waals surface area contributed by atoms with Crippen molar-refractivity contribution in [3.8, 4) is 0 Å². The van der Waals surface area contributed by atoms with Crippen molar-refractivity contribution in [2.24, 2.45) is 67.1 Å². The van der Waals surface area contributed by atoms with Gasteiger partial charge in [-0.25, -0.2) is 0 Å². The van der Waals surface area contributed by atoms with Gasteiger partial charge in [-0.2, -0.15) is 0 Å². The fourth-order valence-corrected chi connectivity index (χ4v) is 13.8. The molecule has 2 N–H and O–H groups in total. The number of aliphatic carboxylic acids is 1. The molecule has 5 saturated carbocycles. The number of hydrogen-bond acceptors (Lipinski definition) is 5. The summed E-state index contributed by atoms with van der Waals surface area (Å²) in [6, 6.07) is 0. The molecule has 4 unspecified atom stereocenters. The number of esters is 1. The van der Waals surface area contributed by atoms with Crippen molar-refractivity contribution >= 4 is 24.6 Å². The third-order valence-corrected chi connectivity index (χ3v) is 16.2. The number of carbonyl (C=O) groups is 3. The molecule has 0 heterocycles. The summed E-state index contributed by atoms with van der Waals surface area (Å²) in [5, 5.41) is 12.5. The number of nitrogens with one attached hydrogen (secondary N) is 1. The summed E-state index contributed by atoms with van der Waals surface area (Å²) >= 11 is 0. The van der Waals surface area contributed by atoms with Crippen molar-refractivity contribution in [1.29, 1.82) is 0 Å². The van der Waals surface area contributed by atoms with E-state index in [0.717, 1.165) is 37.8 Å². The van der Waals surface area contributed by atoms with Gasteiger partial charge in [0.25, 0.3) is 0 Å². The van der Waals surface area contributed by atoms with Gasteiger partial charge in [-0.3, -0.25) is 19.4 Å². The van der Waals surface area contributed by atoms with Crippen molar-refractivity contribution in [3.63, 3.8) is 0 Å². The Morgan fingerprint density at radius 1 is 0.920 bits per heavy atom. The Hall–Kier alpha value is -2.44. The molecule has 10 atom stereocenters. The lowest BCUT2D eigenvalue weighted by atomic mass is 9.32. The Bertz CT molecular complexity index is 1380. The maximum atomic E-state index is 13.6. The van der Waals surface area contributed by atoms with Gasteiger partial charge in [0.2, 0.25) is 5.91 Å². The molecule has 0 saturated heterocycles. The number of allylic oxidation sites excluding steroid dienone is 2. The summed E-state index contributed by atoms with van der Waals surface area (Å²) in [5.74, 6) is 1.95.